The van der Waals surface area contributed by atoms with Crippen LogP contribution in [0.4, 0.5) is 0 Å². The van der Waals surface area contributed by atoms with Crippen molar-refractivity contribution in [3.05, 3.63) is 114 Å². The van der Waals surface area contributed by atoms with E-state index in [1.165, 1.54) is 22.1 Å². The molecule has 1 aromatic heterocycles. The number of rotatable bonds is 6. The first-order chi connectivity index (χ1) is 18.5. The van der Waals surface area contributed by atoms with Crippen LogP contribution < -0.4 is 4.74 Å². The smallest absolute Gasteiger partial charge is 0.243 e. The lowest BCUT2D eigenvalue weighted by atomic mass is 9.89. The molecule has 0 radical (unpaired) electrons. The Hall–Kier alpha value is -3.87. The molecule has 5 nitrogen and oxygen atoms in total. The minimum Gasteiger partial charge on any atom is -0.457 e. The summed E-state index contributed by atoms with van der Waals surface area (Å²) >= 11 is 0. The Morgan fingerprint density at radius 3 is 2.37 bits per heavy atom. The molecular formula is C32H30N2O3S. The van der Waals surface area contributed by atoms with Gasteiger partial charge >= 0.3 is 0 Å². The number of piperidine rings is 1. The fraction of sp³-hybridized carbons (Fsp3) is 0.188. The third kappa shape index (κ3) is 4.73. The summed E-state index contributed by atoms with van der Waals surface area (Å²) in [5.74, 6) is 1.54. The van der Waals surface area contributed by atoms with Crippen molar-refractivity contribution >= 4 is 20.9 Å². The second-order valence-electron chi connectivity index (χ2n) is 9.89. The molecule has 0 amide bonds. The van der Waals surface area contributed by atoms with Crippen LogP contribution in [0.3, 0.4) is 0 Å². The molecule has 1 fully saturated rings. The monoisotopic (exact) mass is 522 g/mol. The molecule has 1 N–H and O–H groups in total. The van der Waals surface area contributed by atoms with Crippen molar-refractivity contribution in [2.75, 3.05) is 13.1 Å². The van der Waals surface area contributed by atoms with Crippen LogP contribution in [0.25, 0.3) is 22.0 Å². The molecule has 6 heteroatoms. The van der Waals surface area contributed by atoms with Gasteiger partial charge in [-0.2, -0.15) is 4.31 Å². The number of sulfonamides is 1. The minimum atomic E-state index is -3.62. The van der Waals surface area contributed by atoms with E-state index in [-0.39, 0.29) is 4.90 Å². The van der Waals surface area contributed by atoms with Gasteiger partial charge in [-0.15, -0.1) is 0 Å². The third-order valence-electron chi connectivity index (χ3n) is 7.48. The van der Waals surface area contributed by atoms with Gasteiger partial charge < -0.3 is 9.72 Å². The van der Waals surface area contributed by atoms with Crippen LogP contribution in [0, 0.1) is 6.92 Å². The number of ether oxygens (including phenoxy) is 1. The zero-order valence-corrected chi connectivity index (χ0v) is 22.1. The molecule has 38 heavy (non-hydrogen) atoms. The van der Waals surface area contributed by atoms with Gasteiger partial charge in [-0.1, -0.05) is 60.7 Å². The predicted molar refractivity (Wildman–Crippen MR) is 152 cm³/mol. The number of aromatic amines is 1. The van der Waals surface area contributed by atoms with Crippen molar-refractivity contribution in [3.63, 3.8) is 0 Å². The van der Waals surface area contributed by atoms with Crippen molar-refractivity contribution in [2.45, 2.75) is 30.6 Å². The lowest BCUT2D eigenvalue weighted by Gasteiger charge is -2.31. The largest absolute Gasteiger partial charge is 0.457 e. The average Bonchev–Trinajstić information content (AvgIpc) is 3.38. The first-order valence-corrected chi connectivity index (χ1v) is 14.4. The van der Waals surface area contributed by atoms with Gasteiger partial charge in [-0.3, -0.25) is 0 Å². The Balaban J connectivity index is 1.19. The van der Waals surface area contributed by atoms with Gasteiger partial charge in [0.05, 0.1) is 4.90 Å². The van der Waals surface area contributed by atoms with Crippen LogP contribution in [0.15, 0.2) is 108 Å². The lowest BCUT2D eigenvalue weighted by Crippen LogP contribution is -2.37. The average molecular weight is 523 g/mol. The fourth-order valence-corrected chi connectivity index (χ4v) is 6.85. The first kappa shape index (κ1) is 24.5. The van der Waals surface area contributed by atoms with E-state index in [9.17, 15) is 8.42 Å². The van der Waals surface area contributed by atoms with Gasteiger partial charge in [0, 0.05) is 36.3 Å². The Bertz CT molecular complexity index is 1680. The first-order valence-electron chi connectivity index (χ1n) is 13.0. The zero-order chi connectivity index (χ0) is 26.1. The molecule has 0 unspecified atom stereocenters. The molecule has 0 spiro atoms. The summed E-state index contributed by atoms with van der Waals surface area (Å²) in [6, 6.07) is 31.4. The number of benzene rings is 4. The van der Waals surface area contributed by atoms with E-state index in [4.69, 9.17) is 4.74 Å². The lowest BCUT2D eigenvalue weighted by molar-refractivity contribution is 0.320. The molecule has 4 aromatic carbocycles. The van der Waals surface area contributed by atoms with Crippen molar-refractivity contribution in [2.24, 2.45) is 0 Å². The number of nitrogens with zero attached hydrogens (tertiary/aromatic N) is 1. The van der Waals surface area contributed by atoms with Gasteiger partial charge in [0.1, 0.15) is 11.5 Å². The van der Waals surface area contributed by atoms with Crippen molar-refractivity contribution in [1.29, 1.82) is 0 Å². The second kappa shape index (κ2) is 10.1. The summed E-state index contributed by atoms with van der Waals surface area (Å²) in [6.07, 6.45) is 3.66. The molecular weight excluding hydrogens is 492 g/mol. The molecule has 1 aliphatic rings. The third-order valence-corrected chi connectivity index (χ3v) is 9.37. The van der Waals surface area contributed by atoms with E-state index in [1.54, 1.807) is 28.6 Å². The molecule has 5 aromatic rings. The maximum Gasteiger partial charge on any atom is 0.243 e. The number of aryl methyl sites for hydroxylation is 1. The highest BCUT2D eigenvalue weighted by Gasteiger charge is 2.31. The standard InChI is InChI=1S/C32H30N2O3S/c1-23-8-5-6-13-32(23)37-27-11-7-12-28(21-27)38(35,36)34-18-16-25(17-19-34)30-22-33-31-15-14-26(20-29(30)31)24-9-3-2-4-10-24/h2-15,20-22,25,33H,16-19H2,1H3. The van der Waals surface area contributed by atoms with Crippen molar-refractivity contribution < 1.29 is 13.2 Å². The van der Waals surface area contributed by atoms with E-state index in [0.717, 1.165) is 29.7 Å². The SMILES string of the molecule is Cc1ccccc1Oc1cccc(S(=O)(=O)N2CCC(c3c[nH]c4ccc(-c5ccccc5)cc34)CC2)c1. The summed E-state index contributed by atoms with van der Waals surface area (Å²) in [7, 11) is -3.62. The Labute approximate surface area is 223 Å². The number of para-hydroxylation sites is 1. The second-order valence-corrected chi connectivity index (χ2v) is 11.8. The summed E-state index contributed by atoms with van der Waals surface area (Å²) in [5, 5.41) is 1.22. The highest BCUT2D eigenvalue weighted by Crippen LogP contribution is 2.37. The quantitative estimate of drug-likeness (QED) is 0.251. The van der Waals surface area contributed by atoms with E-state index >= 15 is 0 Å². The molecule has 0 aliphatic carbocycles. The Morgan fingerprint density at radius 1 is 0.816 bits per heavy atom. The van der Waals surface area contributed by atoms with Crippen LogP contribution >= 0.6 is 0 Å². The molecule has 1 aliphatic heterocycles. The van der Waals surface area contributed by atoms with Crippen molar-refractivity contribution in [3.8, 4) is 22.6 Å². The maximum absolute atomic E-state index is 13.5. The van der Waals surface area contributed by atoms with Crippen LogP contribution in [0.5, 0.6) is 11.5 Å². The summed E-state index contributed by atoms with van der Waals surface area (Å²) in [6.45, 7) is 2.94. The number of aromatic nitrogens is 1. The van der Waals surface area contributed by atoms with E-state index in [1.807, 2.05) is 37.3 Å². The van der Waals surface area contributed by atoms with Gasteiger partial charge in [0.15, 0.2) is 0 Å². The number of fused-ring (bicyclic) bond motifs is 1. The molecule has 0 bridgehead atoms. The van der Waals surface area contributed by atoms with E-state index in [0.29, 0.717) is 24.8 Å². The summed E-state index contributed by atoms with van der Waals surface area (Å²) < 4.78 is 34.7. The molecule has 1 saturated heterocycles. The minimum absolute atomic E-state index is 0.265. The molecule has 6 rings (SSSR count). The highest BCUT2D eigenvalue weighted by molar-refractivity contribution is 7.89. The van der Waals surface area contributed by atoms with Crippen LogP contribution in [-0.4, -0.2) is 30.8 Å². The van der Waals surface area contributed by atoms with Gasteiger partial charge in [0.25, 0.3) is 0 Å². The van der Waals surface area contributed by atoms with Crippen LogP contribution in [0.2, 0.25) is 0 Å². The van der Waals surface area contributed by atoms with Crippen molar-refractivity contribution in [1.82, 2.24) is 9.29 Å². The number of hydrogen-bond donors (Lipinski definition) is 1. The van der Waals surface area contributed by atoms with Gasteiger partial charge in [-0.05, 0) is 78.3 Å². The fourth-order valence-electron chi connectivity index (χ4n) is 5.34. The number of H-pyrrole nitrogens is 1. The highest BCUT2D eigenvalue weighted by atomic mass is 32.2. The van der Waals surface area contributed by atoms with E-state index in [2.05, 4.69) is 53.6 Å². The predicted octanol–water partition coefficient (Wildman–Crippen LogP) is 7.50. The Morgan fingerprint density at radius 2 is 1.58 bits per heavy atom. The summed E-state index contributed by atoms with van der Waals surface area (Å²) in [4.78, 5) is 3.68. The zero-order valence-electron chi connectivity index (χ0n) is 21.3. The van der Waals surface area contributed by atoms with Crippen LogP contribution in [0.1, 0.15) is 29.9 Å². The summed E-state index contributed by atoms with van der Waals surface area (Å²) in [5.41, 5.74) is 5.75. The molecule has 192 valence electrons. The number of hydrogen-bond acceptors (Lipinski definition) is 3. The van der Waals surface area contributed by atoms with Gasteiger partial charge in [0.2, 0.25) is 10.0 Å². The molecule has 0 atom stereocenters. The Kier molecular flexibility index (Phi) is 6.52. The topological polar surface area (TPSA) is 62.4 Å². The van der Waals surface area contributed by atoms with E-state index < -0.39 is 10.0 Å². The van der Waals surface area contributed by atoms with Gasteiger partial charge in [-0.25, -0.2) is 8.42 Å². The van der Waals surface area contributed by atoms with Crippen LogP contribution in [-0.2, 0) is 10.0 Å². The molecule has 2 heterocycles. The maximum atomic E-state index is 13.5. The molecule has 0 saturated carbocycles. The normalized spacial score (nSPS) is 15.1. The number of nitrogens with one attached hydrogen (secondary N) is 1.